The largest absolute Gasteiger partial charge is 0.481 e. The van der Waals surface area contributed by atoms with Crippen LogP contribution in [0.1, 0.15) is 32.1 Å². The van der Waals surface area contributed by atoms with E-state index in [0.29, 0.717) is 18.8 Å². The third-order valence-electron chi connectivity index (χ3n) is 3.14. The van der Waals surface area contributed by atoms with E-state index in [9.17, 15) is 4.79 Å². The van der Waals surface area contributed by atoms with Gasteiger partial charge < -0.3 is 10.8 Å². The molecular formula is C9H15NO2. The molecule has 0 aromatic carbocycles. The standard InChI is InChI=1S/C9H15NO2/c10-7-4-9(5-7,8(11)12)3-6-1-2-6/h6-7H,1-5,10H2,(H,11,12). The number of carboxylic acid groups (broad SMARTS) is 1. The lowest BCUT2D eigenvalue weighted by Gasteiger charge is -2.42. The molecule has 3 N–H and O–H groups in total. The summed E-state index contributed by atoms with van der Waals surface area (Å²) in [7, 11) is 0. The lowest BCUT2D eigenvalue weighted by Crippen LogP contribution is -2.51. The van der Waals surface area contributed by atoms with Crippen LogP contribution in [0, 0.1) is 11.3 Å². The number of carbonyl (C=O) groups is 1. The molecule has 2 aliphatic carbocycles. The van der Waals surface area contributed by atoms with Gasteiger partial charge in [0.15, 0.2) is 0 Å². The van der Waals surface area contributed by atoms with Gasteiger partial charge >= 0.3 is 5.97 Å². The van der Waals surface area contributed by atoms with Crippen molar-refractivity contribution in [2.45, 2.75) is 38.1 Å². The van der Waals surface area contributed by atoms with Crippen LogP contribution in [-0.2, 0) is 4.79 Å². The minimum atomic E-state index is -0.629. The highest BCUT2D eigenvalue weighted by Gasteiger charge is 2.51. The van der Waals surface area contributed by atoms with E-state index >= 15 is 0 Å². The Morgan fingerprint density at radius 2 is 2.08 bits per heavy atom. The molecule has 2 aliphatic rings. The summed E-state index contributed by atoms with van der Waals surface area (Å²) in [6.45, 7) is 0. The first-order chi connectivity index (χ1) is 5.62. The van der Waals surface area contributed by atoms with Crippen molar-refractivity contribution >= 4 is 5.97 Å². The van der Waals surface area contributed by atoms with Gasteiger partial charge in [-0.2, -0.15) is 0 Å². The van der Waals surface area contributed by atoms with Gasteiger partial charge in [-0.05, 0) is 25.2 Å². The maximum absolute atomic E-state index is 11.0. The lowest BCUT2D eigenvalue weighted by molar-refractivity contribution is -0.156. The molecule has 12 heavy (non-hydrogen) atoms. The molecule has 2 saturated carbocycles. The third-order valence-corrected chi connectivity index (χ3v) is 3.14. The minimum Gasteiger partial charge on any atom is -0.481 e. The maximum Gasteiger partial charge on any atom is 0.309 e. The van der Waals surface area contributed by atoms with Crippen LogP contribution in [-0.4, -0.2) is 17.1 Å². The molecular weight excluding hydrogens is 154 g/mol. The average Bonchev–Trinajstić information content (AvgIpc) is 2.67. The second-order valence-electron chi connectivity index (χ2n) is 4.40. The van der Waals surface area contributed by atoms with E-state index in [4.69, 9.17) is 10.8 Å². The van der Waals surface area contributed by atoms with Crippen molar-refractivity contribution < 1.29 is 9.90 Å². The molecule has 0 spiro atoms. The monoisotopic (exact) mass is 169 g/mol. The van der Waals surface area contributed by atoms with Crippen molar-refractivity contribution in [3.8, 4) is 0 Å². The number of aliphatic carboxylic acids is 1. The fourth-order valence-corrected chi connectivity index (χ4v) is 2.25. The van der Waals surface area contributed by atoms with Crippen molar-refractivity contribution in [2.24, 2.45) is 17.1 Å². The molecule has 0 atom stereocenters. The Hall–Kier alpha value is -0.570. The topological polar surface area (TPSA) is 63.3 Å². The molecule has 0 radical (unpaired) electrons. The number of nitrogens with two attached hydrogens (primary N) is 1. The first-order valence-electron chi connectivity index (χ1n) is 4.61. The zero-order chi connectivity index (χ0) is 8.77. The number of hydrogen-bond donors (Lipinski definition) is 2. The predicted octanol–water partition coefficient (Wildman–Crippen LogP) is 0.979. The van der Waals surface area contributed by atoms with Gasteiger partial charge in [-0.3, -0.25) is 4.79 Å². The van der Waals surface area contributed by atoms with E-state index in [1.54, 1.807) is 0 Å². The van der Waals surface area contributed by atoms with Gasteiger partial charge in [0.1, 0.15) is 0 Å². The Labute approximate surface area is 71.9 Å². The molecule has 3 heteroatoms. The zero-order valence-electron chi connectivity index (χ0n) is 7.12. The summed E-state index contributed by atoms with van der Waals surface area (Å²) >= 11 is 0. The van der Waals surface area contributed by atoms with Crippen molar-refractivity contribution in [1.82, 2.24) is 0 Å². The molecule has 0 aromatic heterocycles. The summed E-state index contributed by atoms with van der Waals surface area (Å²) < 4.78 is 0. The Bertz CT molecular complexity index is 205. The number of hydrogen-bond acceptors (Lipinski definition) is 2. The second kappa shape index (κ2) is 2.46. The quantitative estimate of drug-likeness (QED) is 0.662. The van der Waals surface area contributed by atoms with E-state index in [-0.39, 0.29) is 6.04 Å². The van der Waals surface area contributed by atoms with Gasteiger partial charge in [-0.25, -0.2) is 0 Å². The molecule has 0 unspecified atom stereocenters. The van der Waals surface area contributed by atoms with Crippen LogP contribution >= 0.6 is 0 Å². The highest BCUT2D eigenvalue weighted by atomic mass is 16.4. The second-order valence-corrected chi connectivity index (χ2v) is 4.40. The van der Waals surface area contributed by atoms with Crippen molar-refractivity contribution in [3.63, 3.8) is 0 Å². The summed E-state index contributed by atoms with van der Waals surface area (Å²) in [5, 5.41) is 9.02. The third kappa shape index (κ3) is 1.22. The van der Waals surface area contributed by atoms with Gasteiger partial charge in [0.05, 0.1) is 5.41 Å². The van der Waals surface area contributed by atoms with Crippen LogP contribution in [0.15, 0.2) is 0 Å². The molecule has 0 bridgehead atoms. The SMILES string of the molecule is NC1CC(CC2CC2)(C(=O)O)C1. The van der Waals surface area contributed by atoms with E-state index < -0.39 is 11.4 Å². The summed E-state index contributed by atoms with van der Waals surface area (Å²) in [6, 6.07) is 0.139. The van der Waals surface area contributed by atoms with Gasteiger partial charge in [0.2, 0.25) is 0 Å². The van der Waals surface area contributed by atoms with E-state index in [1.807, 2.05) is 0 Å². The van der Waals surface area contributed by atoms with Crippen molar-refractivity contribution in [3.05, 3.63) is 0 Å². The smallest absolute Gasteiger partial charge is 0.309 e. The van der Waals surface area contributed by atoms with E-state index in [1.165, 1.54) is 12.8 Å². The average molecular weight is 169 g/mol. The lowest BCUT2D eigenvalue weighted by atomic mass is 9.63. The Morgan fingerprint density at radius 1 is 1.50 bits per heavy atom. The first kappa shape index (κ1) is 8.05. The van der Waals surface area contributed by atoms with Gasteiger partial charge in [-0.15, -0.1) is 0 Å². The molecule has 0 saturated heterocycles. The Kier molecular flexibility index (Phi) is 1.65. The van der Waals surface area contributed by atoms with Crippen LogP contribution < -0.4 is 5.73 Å². The molecule has 0 aromatic rings. The van der Waals surface area contributed by atoms with Crippen LogP contribution in [0.4, 0.5) is 0 Å². The Morgan fingerprint density at radius 3 is 2.42 bits per heavy atom. The van der Waals surface area contributed by atoms with Gasteiger partial charge in [0.25, 0.3) is 0 Å². The van der Waals surface area contributed by atoms with Gasteiger partial charge in [-0.1, -0.05) is 12.8 Å². The van der Waals surface area contributed by atoms with Crippen LogP contribution in [0.25, 0.3) is 0 Å². The van der Waals surface area contributed by atoms with E-state index in [0.717, 1.165) is 6.42 Å². The molecule has 2 fully saturated rings. The molecule has 2 rings (SSSR count). The maximum atomic E-state index is 11.0. The predicted molar refractivity (Wildman–Crippen MR) is 44.6 cm³/mol. The minimum absolute atomic E-state index is 0.139. The van der Waals surface area contributed by atoms with E-state index in [2.05, 4.69) is 0 Å². The molecule has 0 aliphatic heterocycles. The molecule has 0 amide bonds. The highest BCUT2D eigenvalue weighted by molar-refractivity contribution is 5.76. The van der Waals surface area contributed by atoms with Crippen molar-refractivity contribution in [2.75, 3.05) is 0 Å². The zero-order valence-corrected chi connectivity index (χ0v) is 7.12. The summed E-state index contributed by atoms with van der Waals surface area (Å²) in [5.74, 6) is 0.0599. The molecule has 68 valence electrons. The van der Waals surface area contributed by atoms with Crippen LogP contribution in [0.5, 0.6) is 0 Å². The first-order valence-corrected chi connectivity index (χ1v) is 4.61. The Balaban J connectivity index is 1.97. The normalized spacial score (nSPS) is 40.6. The van der Waals surface area contributed by atoms with Crippen LogP contribution in [0.3, 0.4) is 0 Å². The molecule has 0 heterocycles. The van der Waals surface area contributed by atoms with Crippen LogP contribution in [0.2, 0.25) is 0 Å². The highest BCUT2D eigenvalue weighted by Crippen LogP contribution is 2.50. The summed E-state index contributed by atoms with van der Waals surface area (Å²) in [4.78, 5) is 11.0. The summed E-state index contributed by atoms with van der Waals surface area (Å²) in [6.07, 6.45) is 4.71. The fourth-order valence-electron chi connectivity index (χ4n) is 2.25. The number of carboxylic acids is 1. The fraction of sp³-hybridized carbons (Fsp3) is 0.889. The molecule has 3 nitrogen and oxygen atoms in total. The van der Waals surface area contributed by atoms with Gasteiger partial charge in [0, 0.05) is 6.04 Å². The summed E-state index contributed by atoms with van der Waals surface area (Å²) in [5.41, 5.74) is 5.19. The van der Waals surface area contributed by atoms with Crippen molar-refractivity contribution in [1.29, 1.82) is 0 Å². The number of rotatable bonds is 3.